The Labute approximate surface area is 110 Å². The molecule has 0 aliphatic heterocycles. The maximum atomic E-state index is 5.62. The zero-order chi connectivity index (χ0) is 12.7. The maximum Gasteiger partial charge on any atom is 0.0258 e. The summed E-state index contributed by atoms with van der Waals surface area (Å²) in [4.78, 5) is 0. The summed E-state index contributed by atoms with van der Waals surface area (Å²) >= 11 is 5.62. The van der Waals surface area contributed by atoms with E-state index in [2.05, 4.69) is 62.5 Å². The minimum atomic E-state index is 0.166. The van der Waals surface area contributed by atoms with Crippen LogP contribution >= 0.6 is 11.6 Å². The molecule has 1 N–H and O–H groups in total. The lowest BCUT2D eigenvalue weighted by Gasteiger charge is -2.20. The van der Waals surface area contributed by atoms with E-state index < -0.39 is 0 Å². The number of hydrogen-bond donors (Lipinski definition) is 1. The highest BCUT2D eigenvalue weighted by molar-refractivity contribution is 6.17. The van der Waals surface area contributed by atoms with E-state index >= 15 is 0 Å². The second-order valence-corrected chi connectivity index (χ2v) is 5.60. The van der Waals surface area contributed by atoms with Crippen molar-refractivity contribution in [2.75, 3.05) is 5.88 Å². The van der Waals surface area contributed by atoms with Gasteiger partial charge < -0.3 is 5.32 Å². The van der Waals surface area contributed by atoms with Gasteiger partial charge in [0.05, 0.1) is 0 Å². The monoisotopic (exact) mass is 251 g/mol. The first kappa shape index (κ1) is 14.3. The predicted octanol–water partition coefficient (Wildman–Crippen LogP) is 4.22. The van der Waals surface area contributed by atoms with Crippen LogP contribution in [-0.2, 0) is 6.54 Å². The summed E-state index contributed by atoms with van der Waals surface area (Å²) in [6, 6.07) is 8.62. The molecule has 0 saturated carbocycles. The van der Waals surface area contributed by atoms with Crippen LogP contribution in [0.25, 0.3) is 6.08 Å². The first-order valence-electron chi connectivity index (χ1n) is 6.08. The fraction of sp³-hybridized carbons (Fsp3) is 0.467. The molecule has 1 aromatic rings. The van der Waals surface area contributed by atoms with Crippen molar-refractivity contribution in [2.45, 2.75) is 39.3 Å². The van der Waals surface area contributed by atoms with Gasteiger partial charge in [-0.25, -0.2) is 0 Å². The maximum absolute atomic E-state index is 5.62. The Hall–Kier alpha value is -0.790. The Balaban J connectivity index is 2.50. The van der Waals surface area contributed by atoms with E-state index in [0.29, 0.717) is 5.88 Å². The number of hydrogen-bond acceptors (Lipinski definition) is 1. The lowest BCUT2D eigenvalue weighted by Crippen LogP contribution is -2.35. The van der Waals surface area contributed by atoms with E-state index in [1.807, 2.05) is 0 Å². The lowest BCUT2D eigenvalue weighted by atomic mass is 10.1. The van der Waals surface area contributed by atoms with E-state index in [4.69, 9.17) is 11.6 Å². The Morgan fingerprint density at radius 2 is 1.82 bits per heavy atom. The summed E-state index contributed by atoms with van der Waals surface area (Å²) in [5.41, 5.74) is 2.71. The highest BCUT2D eigenvalue weighted by Gasteiger charge is 2.07. The van der Waals surface area contributed by atoms with Crippen molar-refractivity contribution in [3.63, 3.8) is 0 Å². The zero-order valence-electron chi connectivity index (χ0n) is 11.0. The second kappa shape index (κ2) is 6.83. The third-order valence-electron chi connectivity index (χ3n) is 2.39. The van der Waals surface area contributed by atoms with Gasteiger partial charge in [-0.05, 0) is 38.3 Å². The minimum Gasteiger partial charge on any atom is -0.308 e. The largest absolute Gasteiger partial charge is 0.308 e. The summed E-state index contributed by atoms with van der Waals surface area (Å²) < 4.78 is 0. The van der Waals surface area contributed by atoms with Crippen molar-refractivity contribution in [2.24, 2.45) is 0 Å². The van der Waals surface area contributed by atoms with Gasteiger partial charge in [0, 0.05) is 18.0 Å². The molecule has 0 aliphatic carbocycles. The molecule has 0 atom stereocenters. The van der Waals surface area contributed by atoms with Gasteiger partial charge in [-0.3, -0.25) is 0 Å². The summed E-state index contributed by atoms with van der Waals surface area (Å²) in [5, 5.41) is 3.47. The number of allylic oxidation sites excluding steroid dienone is 1. The van der Waals surface area contributed by atoms with Crippen LogP contribution in [0.15, 0.2) is 30.3 Å². The van der Waals surface area contributed by atoms with E-state index in [1.165, 1.54) is 11.1 Å². The molecule has 17 heavy (non-hydrogen) atoms. The third-order valence-corrected chi connectivity index (χ3v) is 2.61. The predicted molar refractivity (Wildman–Crippen MR) is 77.4 cm³/mol. The molecule has 0 aliphatic rings. The topological polar surface area (TPSA) is 12.0 Å². The summed E-state index contributed by atoms with van der Waals surface area (Å²) in [6.07, 6.45) is 5.15. The van der Waals surface area contributed by atoms with Crippen LogP contribution in [0.4, 0.5) is 0 Å². The quantitative estimate of drug-likeness (QED) is 0.773. The Morgan fingerprint density at radius 3 is 2.35 bits per heavy atom. The molecule has 0 unspecified atom stereocenters. The second-order valence-electron chi connectivity index (χ2n) is 5.23. The molecule has 94 valence electrons. The number of benzene rings is 1. The lowest BCUT2D eigenvalue weighted by molar-refractivity contribution is 0.424. The zero-order valence-corrected chi connectivity index (χ0v) is 11.7. The fourth-order valence-electron chi connectivity index (χ4n) is 1.40. The van der Waals surface area contributed by atoms with Gasteiger partial charge in [-0.2, -0.15) is 0 Å². The smallest absolute Gasteiger partial charge is 0.0258 e. The van der Waals surface area contributed by atoms with Gasteiger partial charge in [0.2, 0.25) is 0 Å². The molecular formula is C15H22ClN. The molecule has 0 spiro atoms. The van der Waals surface area contributed by atoms with Crippen LogP contribution in [-0.4, -0.2) is 11.4 Å². The first-order valence-corrected chi connectivity index (χ1v) is 6.61. The van der Waals surface area contributed by atoms with Crippen LogP contribution in [0.2, 0.25) is 0 Å². The summed E-state index contributed by atoms with van der Waals surface area (Å²) in [5.74, 6) is 0.685. The Bertz CT molecular complexity index is 346. The van der Waals surface area contributed by atoms with Crippen molar-refractivity contribution < 1.29 is 0 Å². The van der Waals surface area contributed by atoms with Crippen molar-refractivity contribution in [3.8, 4) is 0 Å². The fourth-order valence-corrected chi connectivity index (χ4v) is 1.52. The summed E-state index contributed by atoms with van der Waals surface area (Å²) in [7, 11) is 0. The average molecular weight is 252 g/mol. The van der Waals surface area contributed by atoms with Crippen LogP contribution < -0.4 is 5.32 Å². The van der Waals surface area contributed by atoms with E-state index in [1.54, 1.807) is 0 Å². The molecule has 0 aromatic heterocycles. The molecule has 1 nitrogen and oxygen atoms in total. The number of halogens is 1. The van der Waals surface area contributed by atoms with E-state index in [9.17, 15) is 0 Å². The average Bonchev–Trinajstić information content (AvgIpc) is 2.27. The number of nitrogens with one attached hydrogen (secondary N) is 1. The van der Waals surface area contributed by atoms with Crippen molar-refractivity contribution >= 4 is 17.7 Å². The van der Waals surface area contributed by atoms with Crippen molar-refractivity contribution in [1.82, 2.24) is 5.32 Å². The molecule has 2 heteroatoms. The standard InChI is InChI=1S/C15H22ClN/c1-15(2,3)17-12-14-9-7-13(8-10-14)6-4-5-11-16/h4,6-10,17H,5,11-12H2,1-3H3. The van der Waals surface area contributed by atoms with Gasteiger partial charge in [-0.15, -0.1) is 11.6 Å². The molecule has 0 fully saturated rings. The third kappa shape index (κ3) is 6.50. The van der Waals surface area contributed by atoms with Crippen molar-refractivity contribution in [3.05, 3.63) is 41.5 Å². The van der Waals surface area contributed by atoms with E-state index in [0.717, 1.165) is 13.0 Å². The van der Waals surface area contributed by atoms with Crippen LogP contribution in [0.3, 0.4) is 0 Å². The van der Waals surface area contributed by atoms with Gasteiger partial charge in [0.25, 0.3) is 0 Å². The highest BCUT2D eigenvalue weighted by atomic mass is 35.5. The number of alkyl halides is 1. The molecule has 0 radical (unpaired) electrons. The molecule has 0 amide bonds. The molecular weight excluding hydrogens is 230 g/mol. The molecule has 1 aromatic carbocycles. The van der Waals surface area contributed by atoms with E-state index in [-0.39, 0.29) is 5.54 Å². The molecule has 0 bridgehead atoms. The molecule has 0 heterocycles. The Kier molecular flexibility index (Phi) is 5.73. The summed E-state index contributed by atoms with van der Waals surface area (Å²) in [6.45, 7) is 7.44. The van der Waals surface area contributed by atoms with Crippen LogP contribution in [0.1, 0.15) is 38.3 Å². The Morgan fingerprint density at radius 1 is 1.18 bits per heavy atom. The molecule has 0 saturated heterocycles. The van der Waals surface area contributed by atoms with Gasteiger partial charge in [0.15, 0.2) is 0 Å². The minimum absolute atomic E-state index is 0.166. The highest BCUT2D eigenvalue weighted by Crippen LogP contribution is 2.08. The normalized spacial score (nSPS) is 12.2. The van der Waals surface area contributed by atoms with Crippen molar-refractivity contribution in [1.29, 1.82) is 0 Å². The van der Waals surface area contributed by atoms with Crippen LogP contribution in [0, 0.1) is 0 Å². The SMILES string of the molecule is CC(C)(C)NCc1ccc(C=CCCCl)cc1. The van der Waals surface area contributed by atoms with Gasteiger partial charge >= 0.3 is 0 Å². The van der Waals surface area contributed by atoms with Crippen LogP contribution in [0.5, 0.6) is 0 Å². The first-order chi connectivity index (χ1) is 8.01. The van der Waals surface area contributed by atoms with Gasteiger partial charge in [-0.1, -0.05) is 36.4 Å². The number of rotatable bonds is 5. The van der Waals surface area contributed by atoms with Gasteiger partial charge in [0.1, 0.15) is 0 Å². The molecule has 1 rings (SSSR count).